The Labute approximate surface area is 121 Å². The van der Waals surface area contributed by atoms with Crippen LogP contribution in [-0.4, -0.2) is 43.9 Å². The average molecular weight is 297 g/mol. The molecule has 1 aromatic rings. The quantitative estimate of drug-likeness (QED) is 0.872. The summed E-state index contributed by atoms with van der Waals surface area (Å²) in [4.78, 5) is 2.73. The minimum atomic E-state index is -3.17. The first-order valence-corrected chi connectivity index (χ1v) is 8.91. The van der Waals surface area contributed by atoms with E-state index in [1.807, 2.05) is 6.07 Å². The van der Waals surface area contributed by atoms with Crippen molar-refractivity contribution in [1.82, 2.24) is 4.90 Å². The van der Waals surface area contributed by atoms with Crippen LogP contribution in [0, 0.1) is 0 Å². The molecule has 1 aromatic carbocycles. The molecule has 2 rings (SSSR count). The maximum Gasteiger partial charge on any atom is 0.178 e. The zero-order valence-corrected chi connectivity index (χ0v) is 12.8. The summed E-state index contributed by atoms with van der Waals surface area (Å²) >= 11 is 0. The van der Waals surface area contributed by atoms with E-state index in [-0.39, 0.29) is 18.4 Å². The number of aliphatic hydroxyl groups excluding tert-OH is 1. The molecule has 112 valence electrons. The normalized spacial score (nSPS) is 18.3. The van der Waals surface area contributed by atoms with Crippen molar-refractivity contribution >= 4 is 9.84 Å². The molecule has 0 bridgehead atoms. The van der Waals surface area contributed by atoms with Crippen LogP contribution in [0.1, 0.15) is 37.8 Å². The lowest BCUT2D eigenvalue weighted by atomic mass is 10.0. The van der Waals surface area contributed by atoms with E-state index in [0.717, 1.165) is 18.7 Å². The van der Waals surface area contributed by atoms with Crippen molar-refractivity contribution in [3.8, 4) is 0 Å². The molecule has 1 heterocycles. The molecular weight excluding hydrogens is 274 g/mol. The zero-order chi connectivity index (χ0) is 14.6. The summed E-state index contributed by atoms with van der Waals surface area (Å²) in [5, 5.41) is 9.29. The highest BCUT2D eigenvalue weighted by Gasteiger charge is 2.24. The number of sulfone groups is 1. The van der Waals surface area contributed by atoms with Crippen molar-refractivity contribution in [1.29, 1.82) is 0 Å². The van der Waals surface area contributed by atoms with Gasteiger partial charge in [-0.15, -0.1) is 0 Å². The van der Waals surface area contributed by atoms with Crippen LogP contribution in [0.15, 0.2) is 29.2 Å². The molecule has 5 heteroatoms. The molecule has 1 atom stereocenters. The van der Waals surface area contributed by atoms with Gasteiger partial charge in [-0.25, -0.2) is 8.42 Å². The SMILES string of the molecule is CCS(=O)(=O)c1cccc(C(CCO)N2CCCC2)c1. The van der Waals surface area contributed by atoms with E-state index in [1.165, 1.54) is 12.8 Å². The predicted molar refractivity (Wildman–Crippen MR) is 79.4 cm³/mol. The smallest absolute Gasteiger partial charge is 0.178 e. The highest BCUT2D eigenvalue weighted by molar-refractivity contribution is 7.91. The van der Waals surface area contributed by atoms with Gasteiger partial charge >= 0.3 is 0 Å². The monoisotopic (exact) mass is 297 g/mol. The van der Waals surface area contributed by atoms with Crippen LogP contribution < -0.4 is 0 Å². The van der Waals surface area contributed by atoms with Gasteiger partial charge in [0.2, 0.25) is 0 Å². The third-order valence-corrected chi connectivity index (χ3v) is 5.70. The van der Waals surface area contributed by atoms with Gasteiger partial charge in [0, 0.05) is 12.6 Å². The number of likely N-dealkylation sites (tertiary alicyclic amines) is 1. The summed E-state index contributed by atoms with van der Waals surface area (Å²) in [5.41, 5.74) is 0.996. The standard InChI is InChI=1S/C15H23NO3S/c1-2-20(18,19)14-7-5-6-13(12-14)15(8-11-17)16-9-3-4-10-16/h5-7,12,15,17H,2-4,8-11H2,1H3. The van der Waals surface area contributed by atoms with Gasteiger partial charge in [-0.1, -0.05) is 19.1 Å². The molecule has 1 fully saturated rings. The minimum Gasteiger partial charge on any atom is -0.396 e. The lowest BCUT2D eigenvalue weighted by Gasteiger charge is -2.27. The zero-order valence-electron chi connectivity index (χ0n) is 12.0. The van der Waals surface area contributed by atoms with E-state index in [9.17, 15) is 13.5 Å². The van der Waals surface area contributed by atoms with E-state index in [2.05, 4.69) is 4.90 Å². The fourth-order valence-electron chi connectivity index (χ4n) is 2.82. The molecule has 0 amide bonds. The van der Waals surface area contributed by atoms with Crippen molar-refractivity contribution < 1.29 is 13.5 Å². The summed E-state index contributed by atoms with van der Waals surface area (Å²) in [5.74, 6) is 0.116. The third-order valence-electron chi connectivity index (χ3n) is 3.97. The summed E-state index contributed by atoms with van der Waals surface area (Å²) in [6.45, 7) is 3.82. The summed E-state index contributed by atoms with van der Waals surface area (Å²) in [7, 11) is -3.17. The van der Waals surface area contributed by atoms with Crippen molar-refractivity contribution in [2.75, 3.05) is 25.4 Å². The van der Waals surface area contributed by atoms with E-state index in [4.69, 9.17) is 0 Å². The molecule has 0 spiro atoms. The first-order valence-electron chi connectivity index (χ1n) is 7.26. The van der Waals surface area contributed by atoms with E-state index < -0.39 is 9.84 Å². The fraction of sp³-hybridized carbons (Fsp3) is 0.600. The van der Waals surface area contributed by atoms with Gasteiger partial charge < -0.3 is 5.11 Å². The molecular formula is C15H23NO3S. The van der Waals surface area contributed by atoms with Gasteiger partial charge in [0.05, 0.1) is 10.6 Å². The Kier molecular flexibility index (Phi) is 5.18. The fourth-order valence-corrected chi connectivity index (χ4v) is 3.75. The van der Waals surface area contributed by atoms with Crippen LogP contribution in [0.3, 0.4) is 0 Å². The van der Waals surface area contributed by atoms with Crippen molar-refractivity contribution in [2.45, 2.75) is 37.1 Å². The van der Waals surface area contributed by atoms with Crippen molar-refractivity contribution in [3.63, 3.8) is 0 Å². The Balaban J connectivity index is 2.31. The van der Waals surface area contributed by atoms with Crippen LogP contribution in [0.25, 0.3) is 0 Å². The molecule has 1 N–H and O–H groups in total. The van der Waals surface area contributed by atoms with Gasteiger partial charge in [0.25, 0.3) is 0 Å². The highest BCUT2D eigenvalue weighted by Crippen LogP contribution is 2.29. The Hall–Kier alpha value is -0.910. The number of benzene rings is 1. The second kappa shape index (κ2) is 6.70. The third kappa shape index (κ3) is 3.40. The Bertz CT molecular complexity index is 536. The number of hydrogen-bond donors (Lipinski definition) is 1. The van der Waals surface area contributed by atoms with E-state index >= 15 is 0 Å². The number of rotatable bonds is 6. The number of aliphatic hydroxyl groups is 1. The molecule has 1 unspecified atom stereocenters. The Morgan fingerprint density at radius 3 is 2.60 bits per heavy atom. The average Bonchev–Trinajstić information content (AvgIpc) is 2.99. The van der Waals surface area contributed by atoms with Crippen LogP contribution in [-0.2, 0) is 9.84 Å². The molecule has 0 aromatic heterocycles. The lowest BCUT2D eigenvalue weighted by molar-refractivity contribution is 0.185. The van der Waals surface area contributed by atoms with Gasteiger partial charge in [-0.3, -0.25) is 4.90 Å². The maximum absolute atomic E-state index is 12.0. The number of nitrogens with zero attached hydrogens (tertiary/aromatic N) is 1. The molecule has 20 heavy (non-hydrogen) atoms. The topological polar surface area (TPSA) is 57.6 Å². The molecule has 1 saturated heterocycles. The number of hydrogen-bond acceptors (Lipinski definition) is 4. The van der Waals surface area contributed by atoms with Crippen LogP contribution in [0.2, 0.25) is 0 Å². The van der Waals surface area contributed by atoms with E-state index in [1.54, 1.807) is 25.1 Å². The maximum atomic E-state index is 12.0. The summed E-state index contributed by atoms with van der Waals surface area (Å²) in [6.07, 6.45) is 3.00. The minimum absolute atomic E-state index is 0.116. The molecule has 4 nitrogen and oxygen atoms in total. The van der Waals surface area contributed by atoms with Gasteiger partial charge in [-0.2, -0.15) is 0 Å². The summed E-state index contributed by atoms with van der Waals surface area (Å²) < 4.78 is 24.0. The summed E-state index contributed by atoms with van der Waals surface area (Å²) in [6, 6.07) is 7.32. The second-order valence-corrected chi connectivity index (χ2v) is 7.53. The van der Waals surface area contributed by atoms with Gasteiger partial charge in [0.1, 0.15) is 0 Å². The van der Waals surface area contributed by atoms with Gasteiger partial charge in [0.15, 0.2) is 9.84 Å². The molecule has 1 aliphatic rings. The van der Waals surface area contributed by atoms with E-state index in [0.29, 0.717) is 11.3 Å². The molecule has 1 aliphatic heterocycles. The van der Waals surface area contributed by atoms with Crippen molar-refractivity contribution in [3.05, 3.63) is 29.8 Å². The first kappa shape index (κ1) is 15.5. The molecule has 0 aliphatic carbocycles. The van der Waals surface area contributed by atoms with Gasteiger partial charge in [-0.05, 0) is 50.0 Å². The largest absolute Gasteiger partial charge is 0.396 e. The van der Waals surface area contributed by atoms with Crippen molar-refractivity contribution in [2.24, 2.45) is 0 Å². The Morgan fingerprint density at radius 1 is 1.30 bits per heavy atom. The second-order valence-electron chi connectivity index (χ2n) is 5.25. The predicted octanol–water partition coefficient (Wildman–Crippen LogP) is 2.00. The molecule has 0 saturated carbocycles. The highest BCUT2D eigenvalue weighted by atomic mass is 32.2. The molecule has 0 radical (unpaired) electrons. The Morgan fingerprint density at radius 2 is 2.00 bits per heavy atom. The lowest BCUT2D eigenvalue weighted by Crippen LogP contribution is -2.26. The van der Waals surface area contributed by atoms with Crippen LogP contribution in [0.4, 0.5) is 0 Å². The van der Waals surface area contributed by atoms with Crippen LogP contribution in [0.5, 0.6) is 0 Å². The first-order chi connectivity index (χ1) is 9.58. The van der Waals surface area contributed by atoms with Crippen LogP contribution >= 0.6 is 0 Å².